The lowest BCUT2D eigenvalue weighted by molar-refractivity contribution is -0.137. The van der Waals surface area contributed by atoms with Crippen molar-refractivity contribution in [2.24, 2.45) is 0 Å². The highest BCUT2D eigenvalue weighted by Gasteiger charge is 2.33. The molecule has 3 aromatic rings. The molecular formula is C22H20F3N3O5S. The molecule has 180 valence electrons. The van der Waals surface area contributed by atoms with Gasteiger partial charge in [-0.3, -0.25) is 14.1 Å². The molecule has 0 aliphatic carbocycles. The minimum absolute atomic E-state index is 0.0902. The Morgan fingerprint density at radius 2 is 1.76 bits per heavy atom. The third-order valence-electron chi connectivity index (χ3n) is 4.64. The summed E-state index contributed by atoms with van der Waals surface area (Å²) in [7, 11) is -1.84. The van der Waals surface area contributed by atoms with Crippen molar-refractivity contribution in [1.82, 2.24) is 4.98 Å². The molecule has 1 heterocycles. The van der Waals surface area contributed by atoms with Gasteiger partial charge in [0, 0.05) is 12.3 Å². The van der Waals surface area contributed by atoms with E-state index in [-0.39, 0.29) is 22.1 Å². The first kappa shape index (κ1) is 24.8. The number of sulfonamides is 1. The van der Waals surface area contributed by atoms with Crippen molar-refractivity contribution in [2.75, 3.05) is 30.4 Å². The van der Waals surface area contributed by atoms with Crippen LogP contribution in [0.4, 0.5) is 24.5 Å². The first-order valence-electron chi connectivity index (χ1n) is 9.68. The molecule has 0 bridgehead atoms. The van der Waals surface area contributed by atoms with Crippen LogP contribution in [0, 0.1) is 0 Å². The second-order valence-electron chi connectivity index (χ2n) is 6.87. The fourth-order valence-electron chi connectivity index (χ4n) is 3.02. The Kier molecular flexibility index (Phi) is 7.30. The number of aromatic nitrogens is 1. The van der Waals surface area contributed by atoms with Crippen LogP contribution >= 0.6 is 0 Å². The molecule has 0 unspecified atom stereocenters. The van der Waals surface area contributed by atoms with Gasteiger partial charge >= 0.3 is 6.18 Å². The lowest BCUT2D eigenvalue weighted by Crippen LogP contribution is -2.38. The smallest absolute Gasteiger partial charge is 0.416 e. The van der Waals surface area contributed by atoms with Crippen LogP contribution in [0.25, 0.3) is 0 Å². The Balaban J connectivity index is 2.06. The van der Waals surface area contributed by atoms with Crippen LogP contribution in [0.15, 0.2) is 71.9 Å². The Bertz CT molecular complexity index is 1270. The van der Waals surface area contributed by atoms with Gasteiger partial charge in [0.1, 0.15) is 6.54 Å². The number of pyridine rings is 1. The molecule has 3 rings (SSSR count). The second-order valence-corrected chi connectivity index (χ2v) is 8.73. The van der Waals surface area contributed by atoms with E-state index in [1.54, 1.807) is 6.07 Å². The molecule has 1 aromatic heterocycles. The van der Waals surface area contributed by atoms with E-state index in [2.05, 4.69) is 10.3 Å². The lowest BCUT2D eigenvalue weighted by atomic mass is 10.2. The van der Waals surface area contributed by atoms with Crippen LogP contribution in [-0.4, -0.2) is 40.1 Å². The number of ether oxygens (including phenoxy) is 2. The number of alkyl halides is 3. The number of amides is 1. The maximum atomic E-state index is 13.5. The predicted octanol–water partition coefficient (Wildman–Crippen LogP) is 3.95. The van der Waals surface area contributed by atoms with Crippen molar-refractivity contribution in [1.29, 1.82) is 0 Å². The highest BCUT2D eigenvalue weighted by molar-refractivity contribution is 7.92. The Morgan fingerprint density at radius 3 is 2.38 bits per heavy atom. The van der Waals surface area contributed by atoms with E-state index in [0.717, 1.165) is 18.2 Å². The van der Waals surface area contributed by atoms with Crippen LogP contribution in [0.5, 0.6) is 11.5 Å². The Morgan fingerprint density at radius 1 is 1.03 bits per heavy atom. The average Bonchev–Trinajstić information content (AvgIpc) is 2.82. The second kappa shape index (κ2) is 10.00. The molecule has 0 spiro atoms. The fourth-order valence-corrected chi connectivity index (χ4v) is 4.45. The van der Waals surface area contributed by atoms with Crippen LogP contribution in [-0.2, 0) is 21.0 Å². The summed E-state index contributed by atoms with van der Waals surface area (Å²) in [5.41, 5.74) is -1.11. The van der Waals surface area contributed by atoms with Crippen LogP contribution in [0.2, 0.25) is 0 Å². The zero-order chi connectivity index (χ0) is 24.9. The molecule has 0 radical (unpaired) electrons. The van der Waals surface area contributed by atoms with Gasteiger partial charge < -0.3 is 14.8 Å². The van der Waals surface area contributed by atoms with Crippen LogP contribution in [0.1, 0.15) is 5.56 Å². The number of rotatable bonds is 8. The summed E-state index contributed by atoms with van der Waals surface area (Å²) in [6.07, 6.45) is -1.89. The van der Waals surface area contributed by atoms with Gasteiger partial charge in [-0.2, -0.15) is 13.2 Å². The monoisotopic (exact) mass is 495 g/mol. The van der Waals surface area contributed by atoms with E-state index in [1.165, 1.54) is 50.9 Å². The van der Waals surface area contributed by atoms with E-state index in [9.17, 15) is 26.4 Å². The van der Waals surface area contributed by atoms with Gasteiger partial charge in [0.2, 0.25) is 5.91 Å². The molecule has 0 aliphatic rings. The van der Waals surface area contributed by atoms with Crippen molar-refractivity contribution < 1.29 is 35.9 Å². The van der Waals surface area contributed by atoms with E-state index in [1.807, 2.05) is 0 Å². The molecular weight excluding hydrogens is 475 g/mol. The van der Waals surface area contributed by atoms with Crippen LogP contribution < -0.4 is 19.1 Å². The number of hydrogen-bond donors (Lipinski definition) is 1. The fraction of sp³-hybridized carbons (Fsp3) is 0.182. The van der Waals surface area contributed by atoms with Gasteiger partial charge in [0.25, 0.3) is 10.0 Å². The van der Waals surface area contributed by atoms with Gasteiger partial charge in [0.05, 0.1) is 42.3 Å². The summed E-state index contributed by atoms with van der Waals surface area (Å²) in [5.74, 6) is -0.441. The van der Waals surface area contributed by atoms with Crippen LogP contribution in [0.3, 0.4) is 0 Å². The van der Waals surface area contributed by atoms with Crippen molar-refractivity contribution in [2.45, 2.75) is 11.1 Å². The van der Waals surface area contributed by atoms with Gasteiger partial charge in [-0.05, 0) is 42.5 Å². The van der Waals surface area contributed by atoms with Crippen molar-refractivity contribution in [3.8, 4) is 11.5 Å². The number of benzene rings is 2. The largest absolute Gasteiger partial charge is 0.493 e. The number of hydrogen-bond acceptors (Lipinski definition) is 6. The van der Waals surface area contributed by atoms with Crippen molar-refractivity contribution in [3.05, 3.63) is 72.6 Å². The minimum atomic E-state index is -4.72. The normalized spacial score (nSPS) is 11.6. The number of nitrogens with one attached hydrogen (secondary N) is 1. The SMILES string of the molecule is COc1ccc(S(=O)(=O)N(CC(=O)Nc2cccnc2)c2cccc(C(F)(F)F)c2)cc1OC. The molecule has 0 aliphatic heterocycles. The standard InChI is InChI=1S/C22H20F3N3O5S/c1-32-19-9-8-18(12-20(19)33-2)34(30,31)28(14-21(29)27-16-6-4-10-26-13-16)17-7-3-5-15(11-17)22(23,24)25/h3-13H,14H2,1-2H3,(H,27,29). The number of anilines is 2. The topological polar surface area (TPSA) is 97.8 Å². The lowest BCUT2D eigenvalue weighted by Gasteiger charge is -2.25. The molecule has 0 atom stereocenters. The molecule has 34 heavy (non-hydrogen) atoms. The molecule has 0 saturated carbocycles. The third kappa shape index (κ3) is 5.57. The Hall–Kier alpha value is -3.80. The molecule has 1 N–H and O–H groups in total. The summed E-state index contributed by atoms with van der Waals surface area (Å²) in [6.45, 7) is -0.799. The molecule has 1 amide bonds. The van der Waals surface area contributed by atoms with Gasteiger partial charge in [-0.25, -0.2) is 8.42 Å². The highest BCUT2D eigenvalue weighted by Crippen LogP contribution is 2.35. The quantitative estimate of drug-likeness (QED) is 0.508. The van der Waals surface area contributed by atoms with Crippen molar-refractivity contribution >= 4 is 27.3 Å². The van der Waals surface area contributed by atoms with Gasteiger partial charge in [0.15, 0.2) is 11.5 Å². The first-order chi connectivity index (χ1) is 16.1. The van der Waals surface area contributed by atoms with E-state index < -0.39 is 34.2 Å². The maximum Gasteiger partial charge on any atom is 0.416 e. The van der Waals surface area contributed by atoms with Gasteiger partial charge in [-0.15, -0.1) is 0 Å². The highest BCUT2D eigenvalue weighted by atomic mass is 32.2. The Labute approximate surface area is 194 Å². The van der Waals surface area contributed by atoms with E-state index >= 15 is 0 Å². The number of halogens is 3. The van der Waals surface area contributed by atoms with Crippen molar-refractivity contribution in [3.63, 3.8) is 0 Å². The van der Waals surface area contributed by atoms with E-state index in [0.29, 0.717) is 16.1 Å². The van der Waals surface area contributed by atoms with E-state index in [4.69, 9.17) is 9.47 Å². The predicted molar refractivity (Wildman–Crippen MR) is 118 cm³/mol. The minimum Gasteiger partial charge on any atom is -0.493 e. The summed E-state index contributed by atoms with van der Waals surface area (Å²) in [4.78, 5) is 16.2. The molecule has 2 aromatic carbocycles. The molecule has 8 nitrogen and oxygen atoms in total. The first-order valence-corrected chi connectivity index (χ1v) is 11.1. The summed E-state index contributed by atoms with van der Waals surface area (Å²) in [5, 5.41) is 2.48. The molecule has 0 saturated heterocycles. The zero-order valence-electron chi connectivity index (χ0n) is 18.0. The number of carbonyl (C=O) groups excluding carboxylic acids is 1. The van der Waals surface area contributed by atoms with Gasteiger partial charge in [-0.1, -0.05) is 6.07 Å². The summed E-state index contributed by atoms with van der Waals surface area (Å²) >= 11 is 0. The summed E-state index contributed by atoms with van der Waals surface area (Å²) in [6, 6.07) is 10.5. The summed E-state index contributed by atoms with van der Waals surface area (Å²) < 4.78 is 77.7. The number of methoxy groups -OCH3 is 2. The number of carbonyl (C=O) groups is 1. The molecule has 12 heteroatoms. The number of nitrogens with zero attached hydrogens (tertiary/aromatic N) is 2. The molecule has 0 fully saturated rings. The zero-order valence-corrected chi connectivity index (χ0v) is 18.9. The third-order valence-corrected chi connectivity index (χ3v) is 6.41. The maximum absolute atomic E-state index is 13.5. The average molecular weight is 495 g/mol.